The number of nitrogens with zero attached hydrogens (tertiary/aromatic N) is 1. The zero-order valence-electron chi connectivity index (χ0n) is 11.9. The van der Waals surface area contributed by atoms with Crippen molar-refractivity contribution in [1.82, 2.24) is 10.3 Å². The summed E-state index contributed by atoms with van der Waals surface area (Å²) >= 11 is 0. The fourth-order valence-electron chi connectivity index (χ4n) is 2.37. The van der Waals surface area contributed by atoms with E-state index >= 15 is 0 Å². The number of pyridine rings is 1. The zero-order chi connectivity index (χ0) is 14.7. The number of carbonyl (C=O) groups excluding carboxylic acids is 1. The molecule has 0 atom stereocenters. The van der Waals surface area contributed by atoms with Crippen LogP contribution in [0, 0.1) is 0 Å². The molecule has 0 saturated heterocycles. The van der Waals surface area contributed by atoms with Crippen molar-refractivity contribution >= 4 is 28.1 Å². The van der Waals surface area contributed by atoms with Gasteiger partial charge in [0, 0.05) is 53.5 Å². The minimum atomic E-state index is 0.158. The Morgan fingerprint density at radius 2 is 2.14 bits per heavy atom. The summed E-state index contributed by atoms with van der Waals surface area (Å²) in [5.41, 5.74) is 7.71. The highest BCUT2D eigenvalue weighted by atomic mass is 16.1. The molecule has 1 fully saturated rings. The number of carbonyl (C=O) groups is 1. The normalized spacial score (nSPS) is 14.1. The summed E-state index contributed by atoms with van der Waals surface area (Å²) in [5.74, 6) is 0.158. The fraction of sp³-hybridized carbons (Fsp3) is 0.375. The van der Waals surface area contributed by atoms with E-state index in [1.807, 2.05) is 18.2 Å². The number of nitrogens with two attached hydrogens (primary N) is 1. The highest BCUT2D eigenvalue weighted by Gasteiger charge is 2.22. The quantitative estimate of drug-likeness (QED) is 0.561. The van der Waals surface area contributed by atoms with Crippen molar-refractivity contribution in [2.45, 2.75) is 31.7 Å². The lowest BCUT2D eigenvalue weighted by Crippen LogP contribution is -2.25. The van der Waals surface area contributed by atoms with Gasteiger partial charge in [-0.2, -0.15) is 0 Å². The van der Waals surface area contributed by atoms with E-state index in [0.29, 0.717) is 12.5 Å². The number of benzene rings is 1. The van der Waals surface area contributed by atoms with Gasteiger partial charge < -0.3 is 16.4 Å². The lowest BCUT2D eigenvalue weighted by Gasteiger charge is -2.11. The number of hydrogen-bond acceptors (Lipinski definition) is 4. The molecule has 1 heterocycles. The fourth-order valence-corrected chi connectivity index (χ4v) is 2.37. The molecule has 0 bridgehead atoms. The Labute approximate surface area is 123 Å². The van der Waals surface area contributed by atoms with Gasteiger partial charge in [0.2, 0.25) is 5.91 Å². The van der Waals surface area contributed by atoms with Crippen LogP contribution in [0.1, 0.15) is 25.7 Å². The Hall–Kier alpha value is -2.30. The lowest BCUT2D eigenvalue weighted by atomic mass is 10.1. The van der Waals surface area contributed by atoms with Crippen LogP contribution in [0.15, 0.2) is 30.6 Å². The van der Waals surface area contributed by atoms with Crippen LogP contribution < -0.4 is 16.4 Å². The van der Waals surface area contributed by atoms with Crippen LogP contribution in [0.4, 0.5) is 11.4 Å². The molecule has 1 aromatic carbocycles. The summed E-state index contributed by atoms with van der Waals surface area (Å²) < 4.78 is 0. The Morgan fingerprint density at radius 3 is 2.95 bits per heavy atom. The molecular formula is C16H20N4O. The van der Waals surface area contributed by atoms with Crippen molar-refractivity contribution in [2.75, 3.05) is 17.6 Å². The largest absolute Gasteiger partial charge is 0.398 e. The van der Waals surface area contributed by atoms with Gasteiger partial charge in [0.1, 0.15) is 0 Å². The van der Waals surface area contributed by atoms with Gasteiger partial charge in [0.15, 0.2) is 0 Å². The second-order valence-corrected chi connectivity index (χ2v) is 5.50. The first-order valence-corrected chi connectivity index (χ1v) is 7.39. The Balaban J connectivity index is 1.55. The zero-order valence-corrected chi connectivity index (χ0v) is 11.9. The van der Waals surface area contributed by atoms with E-state index in [-0.39, 0.29) is 5.91 Å². The molecule has 1 aliphatic rings. The predicted molar refractivity (Wildman–Crippen MR) is 85.0 cm³/mol. The minimum Gasteiger partial charge on any atom is -0.398 e. The number of hydrogen-bond donors (Lipinski definition) is 3. The number of aromatic nitrogens is 1. The summed E-state index contributed by atoms with van der Waals surface area (Å²) in [6, 6.07) is 6.25. The highest BCUT2D eigenvalue weighted by molar-refractivity contribution is 6.00. The predicted octanol–water partition coefficient (Wildman–Crippen LogP) is 2.29. The summed E-state index contributed by atoms with van der Waals surface area (Å²) in [7, 11) is 0. The number of amides is 1. The molecule has 5 nitrogen and oxygen atoms in total. The molecular weight excluding hydrogens is 264 g/mol. The van der Waals surface area contributed by atoms with Gasteiger partial charge in [-0.05, 0) is 37.5 Å². The van der Waals surface area contributed by atoms with Crippen molar-refractivity contribution in [3.63, 3.8) is 0 Å². The van der Waals surface area contributed by atoms with E-state index in [0.717, 1.165) is 48.0 Å². The second kappa shape index (κ2) is 5.99. The molecule has 21 heavy (non-hydrogen) atoms. The Morgan fingerprint density at radius 1 is 1.29 bits per heavy atom. The van der Waals surface area contributed by atoms with E-state index in [1.54, 1.807) is 12.4 Å². The molecule has 3 rings (SSSR count). The van der Waals surface area contributed by atoms with E-state index in [4.69, 9.17) is 5.73 Å². The average molecular weight is 284 g/mol. The van der Waals surface area contributed by atoms with E-state index in [1.165, 1.54) is 0 Å². The molecule has 1 aliphatic carbocycles. The molecule has 110 valence electrons. The first-order valence-electron chi connectivity index (χ1n) is 7.39. The first kappa shape index (κ1) is 13.7. The average Bonchev–Trinajstić information content (AvgIpc) is 3.30. The van der Waals surface area contributed by atoms with Gasteiger partial charge >= 0.3 is 0 Å². The van der Waals surface area contributed by atoms with Crippen LogP contribution in [-0.4, -0.2) is 23.5 Å². The number of rotatable bonds is 6. The Bertz CT molecular complexity index is 652. The monoisotopic (exact) mass is 284 g/mol. The van der Waals surface area contributed by atoms with Gasteiger partial charge in [0.05, 0.1) is 0 Å². The molecule has 0 aliphatic heterocycles. The molecule has 1 amide bonds. The second-order valence-electron chi connectivity index (χ2n) is 5.50. The van der Waals surface area contributed by atoms with Crippen LogP contribution in [0.5, 0.6) is 0 Å². The third-order valence-electron chi connectivity index (χ3n) is 3.69. The van der Waals surface area contributed by atoms with Gasteiger partial charge in [0.25, 0.3) is 0 Å². The number of anilines is 2. The summed E-state index contributed by atoms with van der Waals surface area (Å²) in [5, 5.41) is 8.39. The van der Waals surface area contributed by atoms with E-state index < -0.39 is 0 Å². The Kier molecular flexibility index (Phi) is 3.90. The standard InChI is InChI=1S/C16H20N4O/c17-14-5-6-15(12-7-9-18-10-13(12)14)19-8-1-2-16(21)20-11-3-4-11/h5-7,9-11,19H,1-4,8,17H2,(H,20,21). The van der Waals surface area contributed by atoms with Crippen LogP contribution in [0.2, 0.25) is 0 Å². The number of nitrogens with one attached hydrogen (secondary N) is 2. The maximum Gasteiger partial charge on any atom is 0.220 e. The SMILES string of the molecule is Nc1ccc(NCCCC(=O)NC2CC2)c2ccncc12. The summed E-state index contributed by atoms with van der Waals surface area (Å²) in [6.45, 7) is 0.763. The summed E-state index contributed by atoms with van der Waals surface area (Å²) in [6.07, 6.45) is 7.19. The van der Waals surface area contributed by atoms with Gasteiger partial charge in [-0.3, -0.25) is 9.78 Å². The van der Waals surface area contributed by atoms with Crippen molar-refractivity contribution < 1.29 is 4.79 Å². The maximum absolute atomic E-state index is 11.6. The van der Waals surface area contributed by atoms with Gasteiger partial charge in [-0.25, -0.2) is 0 Å². The molecule has 4 N–H and O–H groups in total. The smallest absolute Gasteiger partial charge is 0.220 e. The van der Waals surface area contributed by atoms with E-state index in [9.17, 15) is 4.79 Å². The third kappa shape index (κ3) is 3.42. The topological polar surface area (TPSA) is 80.0 Å². The molecule has 1 aromatic heterocycles. The molecule has 0 radical (unpaired) electrons. The number of fused-ring (bicyclic) bond motifs is 1. The number of nitrogen functional groups attached to an aromatic ring is 1. The molecule has 0 spiro atoms. The highest BCUT2D eigenvalue weighted by Crippen LogP contribution is 2.27. The van der Waals surface area contributed by atoms with Crippen molar-refractivity contribution in [1.29, 1.82) is 0 Å². The lowest BCUT2D eigenvalue weighted by molar-refractivity contribution is -0.121. The van der Waals surface area contributed by atoms with Crippen molar-refractivity contribution in [3.05, 3.63) is 30.6 Å². The van der Waals surface area contributed by atoms with Crippen molar-refractivity contribution in [2.24, 2.45) is 0 Å². The van der Waals surface area contributed by atoms with E-state index in [2.05, 4.69) is 15.6 Å². The van der Waals surface area contributed by atoms with Crippen LogP contribution in [0.3, 0.4) is 0 Å². The molecule has 5 heteroatoms. The third-order valence-corrected chi connectivity index (χ3v) is 3.69. The summed E-state index contributed by atoms with van der Waals surface area (Å²) in [4.78, 5) is 15.7. The van der Waals surface area contributed by atoms with Crippen LogP contribution in [0.25, 0.3) is 10.8 Å². The van der Waals surface area contributed by atoms with Crippen LogP contribution in [-0.2, 0) is 4.79 Å². The molecule has 2 aromatic rings. The first-order chi connectivity index (χ1) is 10.2. The van der Waals surface area contributed by atoms with Gasteiger partial charge in [-0.1, -0.05) is 0 Å². The van der Waals surface area contributed by atoms with Crippen LogP contribution >= 0.6 is 0 Å². The van der Waals surface area contributed by atoms with Gasteiger partial charge in [-0.15, -0.1) is 0 Å². The maximum atomic E-state index is 11.6. The molecule has 0 unspecified atom stereocenters. The molecule has 1 saturated carbocycles. The van der Waals surface area contributed by atoms with Crippen molar-refractivity contribution in [3.8, 4) is 0 Å². The minimum absolute atomic E-state index is 0.158.